The molecule has 3 aromatic carbocycles. The van der Waals surface area contributed by atoms with Gasteiger partial charge in [-0.25, -0.2) is 27.8 Å². The highest BCUT2D eigenvalue weighted by molar-refractivity contribution is 7.91. The minimum atomic E-state index is -3.00. The van der Waals surface area contributed by atoms with Gasteiger partial charge in [-0.1, -0.05) is 36.7 Å². The summed E-state index contributed by atoms with van der Waals surface area (Å²) in [6.07, 6.45) is 1.49. The number of hydrogen-bond donors (Lipinski definition) is 2. The Hall–Kier alpha value is -3.64. The Morgan fingerprint density at radius 1 is 1.07 bits per heavy atom. The van der Waals surface area contributed by atoms with E-state index >= 15 is 0 Å². The van der Waals surface area contributed by atoms with Crippen LogP contribution < -0.4 is 15.4 Å². The fraction of sp³-hybridized carbons (Fsp3) is 0.207. The molecule has 41 heavy (non-hydrogen) atoms. The summed E-state index contributed by atoms with van der Waals surface area (Å²) in [6, 6.07) is 17.4. The molecular formula is C29H27ClFN5O3S2. The summed E-state index contributed by atoms with van der Waals surface area (Å²) in [5.41, 5.74) is 3.91. The van der Waals surface area contributed by atoms with Crippen molar-refractivity contribution in [2.24, 2.45) is 0 Å². The third-order valence-electron chi connectivity index (χ3n) is 6.27. The lowest BCUT2D eigenvalue weighted by Gasteiger charge is -2.12. The van der Waals surface area contributed by atoms with Crippen molar-refractivity contribution in [1.29, 1.82) is 0 Å². The van der Waals surface area contributed by atoms with Gasteiger partial charge < -0.3 is 15.4 Å². The van der Waals surface area contributed by atoms with Gasteiger partial charge in [0.2, 0.25) is 0 Å². The maximum atomic E-state index is 13.4. The molecule has 0 spiro atoms. The van der Waals surface area contributed by atoms with Gasteiger partial charge in [-0.05, 0) is 48.0 Å². The first-order valence-corrected chi connectivity index (χ1v) is 15.9. The molecule has 0 fully saturated rings. The van der Waals surface area contributed by atoms with Crippen LogP contribution in [0.25, 0.3) is 22.2 Å². The molecule has 2 N–H and O–H groups in total. The van der Waals surface area contributed by atoms with Crippen LogP contribution in [0.3, 0.4) is 0 Å². The number of anilines is 2. The lowest BCUT2D eigenvalue weighted by atomic mass is 10.1. The van der Waals surface area contributed by atoms with Gasteiger partial charge in [0, 0.05) is 40.9 Å². The predicted octanol–water partition coefficient (Wildman–Crippen LogP) is 6.39. The molecule has 0 atom stereocenters. The van der Waals surface area contributed by atoms with Gasteiger partial charge in [0.05, 0.1) is 22.0 Å². The van der Waals surface area contributed by atoms with E-state index in [4.69, 9.17) is 21.3 Å². The van der Waals surface area contributed by atoms with Gasteiger partial charge in [0.15, 0.2) is 9.84 Å². The zero-order chi connectivity index (χ0) is 28.8. The maximum Gasteiger partial charge on any atom is 0.151 e. The van der Waals surface area contributed by atoms with Crippen molar-refractivity contribution >= 4 is 55.2 Å². The van der Waals surface area contributed by atoms with Crippen molar-refractivity contribution in [3.8, 4) is 17.0 Å². The van der Waals surface area contributed by atoms with E-state index in [9.17, 15) is 12.8 Å². The number of fused-ring (bicyclic) bond motifs is 1. The number of ether oxygens (including phenoxy) is 1. The lowest BCUT2D eigenvalue weighted by Crippen LogP contribution is -2.23. The topological polar surface area (TPSA) is 106 Å². The van der Waals surface area contributed by atoms with Crippen LogP contribution in [0, 0.1) is 5.82 Å². The van der Waals surface area contributed by atoms with Gasteiger partial charge in [-0.2, -0.15) is 0 Å². The molecule has 5 aromatic rings. The van der Waals surface area contributed by atoms with Gasteiger partial charge in [-0.15, -0.1) is 11.3 Å². The van der Waals surface area contributed by atoms with E-state index in [0.29, 0.717) is 40.9 Å². The van der Waals surface area contributed by atoms with Gasteiger partial charge in [0.1, 0.15) is 35.3 Å². The van der Waals surface area contributed by atoms with Crippen LogP contribution in [-0.4, -0.2) is 41.4 Å². The molecule has 0 aliphatic carbocycles. The Kier molecular flexibility index (Phi) is 9.09. The second-order valence-corrected chi connectivity index (χ2v) is 13.0. The van der Waals surface area contributed by atoms with Crippen molar-refractivity contribution in [3.05, 3.63) is 93.8 Å². The third-order valence-corrected chi connectivity index (χ3v) is 9.12. The lowest BCUT2D eigenvalue weighted by molar-refractivity contribution is 0.306. The van der Waals surface area contributed by atoms with Crippen LogP contribution in [0.4, 0.5) is 15.9 Å². The van der Waals surface area contributed by atoms with Crippen molar-refractivity contribution in [1.82, 2.24) is 20.3 Å². The first-order valence-electron chi connectivity index (χ1n) is 12.8. The van der Waals surface area contributed by atoms with E-state index in [1.165, 1.54) is 29.8 Å². The van der Waals surface area contributed by atoms with E-state index < -0.39 is 9.84 Å². The molecule has 2 aromatic heterocycles. The highest BCUT2D eigenvalue weighted by Gasteiger charge is 2.12. The van der Waals surface area contributed by atoms with Gasteiger partial charge in [-0.3, -0.25) is 0 Å². The smallest absolute Gasteiger partial charge is 0.151 e. The molecule has 2 heterocycles. The van der Waals surface area contributed by atoms with Crippen LogP contribution in [-0.2, 0) is 23.0 Å². The van der Waals surface area contributed by atoms with Gasteiger partial charge in [0.25, 0.3) is 0 Å². The molecule has 0 unspecified atom stereocenters. The van der Waals surface area contributed by atoms with Crippen LogP contribution in [0.15, 0.2) is 72.4 Å². The average Bonchev–Trinajstić information content (AvgIpc) is 3.44. The first-order chi connectivity index (χ1) is 19.8. The molecule has 0 saturated heterocycles. The second-order valence-electron chi connectivity index (χ2n) is 9.18. The Labute approximate surface area is 246 Å². The molecule has 0 saturated carbocycles. The average molecular weight is 612 g/mol. The summed E-state index contributed by atoms with van der Waals surface area (Å²) in [5.74, 6) is 1.02. The molecular weight excluding hydrogens is 585 g/mol. The van der Waals surface area contributed by atoms with E-state index in [-0.39, 0.29) is 23.9 Å². The number of halogens is 2. The molecule has 0 aliphatic heterocycles. The standard InChI is InChI=1S/C29H27ClFN5O3S2/c1-2-41(37,38)11-10-32-15-28-36-26(17-40-28)20-6-8-25-23(13-20)29(34-18-33-25)35-22-7-9-27(24(30)14-22)39-16-19-4-3-5-21(31)12-19/h3-9,12-14,17-18,32H,2,10-11,15-16H2,1H3,(H,33,34,35). The fourth-order valence-corrected chi connectivity index (χ4v) is 5.78. The molecule has 0 aliphatic rings. The van der Waals surface area contributed by atoms with Crippen molar-refractivity contribution in [2.75, 3.05) is 23.4 Å². The molecule has 8 nitrogen and oxygen atoms in total. The Morgan fingerprint density at radius 2 is 1.95 bits per heavy atom. The Bertz CT molecular complexity index is 1780. The number of rotatable bonds is 12. The van der Waals surface area contributed by atoms with Crippen molar-refractivity contribution < 1.29 is 17.5 Å². The van der Waals surface area contributed by atoms with Crippen LogP contribution >= 0.6 is 22.9 Å². The summed E-state index contributed by atoms with van der Waals surface area (Å²) in [4.78, 5) is 13.6. The molecule has 0 amide bonds. The summed E-state index contributed by atoms with van der Waals surface area (Å²) in [6.45, 7) is 2.73. The molecule has 0 bridgehead atoms. The normalized spacial score (nSPS) is 11.6. The number of benzene rings is 3. The monoisotopic (exact) mass is 611 g/mol. The minimum absolute atomic E-state index is 0.109. The summed E-state index contributed by atoms with van der Waals surface area (Å²) in [5, 5.41) is 10.5. The van der Waals surface area contributed by atoms with E-state index in [0.717, 1.165) is 27.2 Å². The summed E-state index contributed by atoms with van der Waals surface area (Å²) < 4.78 is 42.6. The number of hydrogen-bond acceptors (Lipinski definition) is 9. The second kappa shape index (κ2) is 12.9. The van der Waals surface area contributed by atoms with Gasteiger partial charge >= 0.3 is 0 Å². The van der Waals surface area contributed by atoms with E-state index in [2.05, 4.69) is 20.6 Å². The summed E-state index contributed by atoms with van der Waals surface area (Å²) >= 11 is 7.99. The van der Waals surface area contributed by atoms with Crippen molar-refractivity contribution in [3.63, 3.8) is 0 Å². The van der Waals surface area contributed by atoms with Crippen molar-refractivity contribution in [2.45, 2.75) is 20.1 Å². The fourth-order valence-electron chi connectivity index (χ4n) is 4.03. The van der Waals surface area contributed by atoms with Crippen LogP contribution in [0.1, 0.15) is 17.5 Å². The number of thiazole rings is 1. The number of aromatic nitrogens is 3. The molecule has 0 radical (unpaired) electrons. The predicted molar refractivity (Wildman–Crippen MR) is 162 cm³/mol. The van der Waals surface area contributed by atoms with E-state index in [1.54, 1.807) is 31.2 Å². The van der Waals surface area contributed by atoms with E-state index in [1.807, 2.05) is 29.6 Å². The molecule has 12 heteroatoms. The number of nitrogens with zero attached hydrogens (tertiary/aromatic N) is 3. The number of sulfone groups is 1. The first kappa shape index (κ1) is 28.9. The quantitative estimate of drug-likeness (QED) is 0.156. The third kappa shape index (κ3) is 7.56. The highest BCUT2D eigenvalue weighted by Crippen LogP contribution is 2.32. The molecule has 5 rings (SSSR count). The number of nitrogens with one attached hydrogen (secondary N) is 2. The highest BCUT2D eigenvalue weighted by atomic mass is 35.5. The maximum absolute atomic E-state index is 13.4. The zero-order valence-electron chi connectivity index (χ0n) is 22.1. The zero-order valence-corrected chi connectivity index (χ0v) is 24.5. The Morgan fingerprint density at radius 3 is 2.76 bits per heavy atom. The minimum Gasteiger partial charge on any atom is -0.487 e. The van der Waals surface area contributed by atoms with Crippen LogP contribution in [0.2, 0.25) is 5.02 Å². The SMILES string of the molecule is CCS(=O)(=O)CCNCc1nc(-c2ccc3ncnc(Nc4ccc(OCc5cccc(F)c5)c(Cl)c4)c3c2)cs1. The summed E-state index contributed by atoms with van der Waals surface area (Å²) in [7, 11) is -3.00. The van der Waals surface area contributed by atoms with Crippen LogP contribution in [0.5, 0.6) is 5.75 Å². The molecule has 212 valence electrons. The largest absolute Gasteiger partial charge is 0.487 e. The Balaban J connectivity index is 1.28.